The molecule has 2 bridgehead atoms. The Morgan fingerprint density at radius 1 is 1.27 bits per heavy atom. The monoisotopic (exact) mass is 297 g/mol. The second-order valence-electron chi connectivity index (χ2n) is 5.98. The highest BCUT2D eigenvalue weighted by Crippen LogP contribution is 2.43. The van der Waals surface area contributed by atoms with E-state index in [0.29, 0.717) is 5.82 Å². The molecule has 0 radical (unpaired) electrons. The zero-order chi connectivity index (χ0) is 15.3. The van der Waals surface area contributed by atoms with E-state index in [4.69, 9.17) is 0 Å². The lowest BCUT2D eigenvalue weighted by Crippen LogP contribution is -2.41. The van der Waals surface area contributed by atoms with Crippen LogP contribution in [0.25, 0.3) is 11.4 Å². The fourth-order valence-electron chi connectivity index (χ4n) is 3.69. The zero-order valence-electron chi connectivity index (χ0n) is 12.3. The van der Waals surface area contributed by atoms with Gasteiger partial charge >= 0.3 is 0 Å². The lowest BCUT2D eigenvalue weighted by Gasteiger charge is -2.34. The Bertz CT molecular complexity index is 744. The molecule has 1 fully saturated rings. The normalized spacial score (nSPS) is 22.5. The van der Waals surface area contributed by atoms with Gasteiger partial charge in [-0.15, -0.1) is 0 Å². The molecule has 2 atom stereocenters. The van der Waals surface area contributed by atoms with E-state index in [1.165, 1.54) is 12.1 Å². The van der Waals surface area contributed by atoms with E-state index in [1.807, 2.05) is 11.1 Å². The minimum Gasteiger partial charge on any atom is -0.332 e. The minimum atomic E-state index is -0.267. The molecular formula is C17H16FN3O. The van der Waals surface area contributed by atoms with Crippen molar-refractivity contribution in [3.63, 3.8) is 0 Å². The number of fused-ring (bicyclic) bond motifs is 4. The van der Waals surface area contributed by atoms with Crippen LogP contribution in [-0.2, 0) is 11.2 Å². The van der Waals surface area contributed by atoms with Crippen molar-refractivity contribution in [3.05, 3.63) is 47.5 Å². The summed E-state index contributed by atoms with van der Waals surface area (Å²) in [5.74, 6) is 0.479. The highest BCUT2D eigenvalue weighted by Gasteiger charge is 2.42. The number of rotatable bonds is 1. The third-order valence-electron chi connectivity index (χ3n) is 4.66. The summed E-state index contributed by atoms with van der Waals surface area (Å²) in [4.78, 5) is 22.9. The van der Waals surface area contributed by atoms with Crippen LogP contribution >= 0.6 is 0 Å². The topological polar surface area (TPSA) is 46.1 Å². The maximum atomic E-state index is 13.0. The Balaban J connectivity index is 1.74. The van der Waals surface area contributed by atoms with Crippen molar-refractivity contribution in [1.29, 1.82) is 0 Å². The van der Waals surface area contributed by atoms with E-state index >= 15 is 0 Å². The van der Waals surface area contributed by atoms with Crippen molar-refractivity contribution in [1.82, 2.24) is 14.9 Å². The summed E-state index contributed by atoms with van der Waals surface area (Å²) >= 11 is 0. The molecule has 2 unspecified atom stereocenters. The Morgan fingerprint density at radius 3 is 2.77 bits per heavy atom. The summed E-state index contributed by atoms with van der Waals surface area (Å²) in [7, 11) is 0. The highest BCUT2D eigenvalue weighted by molar-refractivity contribution is 5.75. The summed E-state index contributed by atoms with van der Waals surface area (Å²) in [6, 6.07) is 6.59. The SMILES string of the molecule is CC(=O)N1C2CCC1c1cnc(-c3ccc(F)cc3)nc1C2. The van der Waals surface area contributed by atoms with E-state index in [9.17, 15) is 9.18 Å². The summed E-state index contributed by atoms with van der Waals surface area (Å²) in [5, 5.41) is 0. The molecule has 2 aliphatic rings. The van der Waals surface area contributed by atoms with E-state index < -0.39 is 0 Å². The van der Waals surface area contributed by atoms with Gasteiger partial charge in [-0.2, -0.15) is 0 Å². The number of amides is 1. The molecule has 1 aromatic carbocycles. The third-order valence-corrected chi connectivity index (χ3v) is 4.66. The molecule has 3 heterocycles. The fourth-order valence-corrected chi connectivity index (χ4v) is 3.69. The quantitative estimate of drug-likeness (QED) is 0.813. The first-order valence-electron chi connectivity index (χ1n) is 7.54. The molecule has 5 heteroatoms. The van der Waals surface area contributed by atoms with Crippen LogP contribution in [0.3, 0.4) is 0 Å². The number of hydrogen-bond acceptors (Lipinski definition) is 3. The van der Waals surface area contributed by atoms with Crippen LogP contribution in [0.1, 0.15) is 37.1 Å². The molecule has 1 saturated heterocycles. The Labute approximate surface area is 128 Å². The molecule has 0 aliphatic carbocycles. The summed E-state index contributed by atoms with van der Waals surface area (Å²) in [5.41, 5.74) is 2.90. The zero-order valence-corrected chi connectivity index (χ0v) is 12.3. The molecule has 4 nitrogen and oxygen atoms in total. The van der Waals surface area contributed by atoms with Crippen LogP contribution in [0.4, 0.5) is 4.39 Å². The molecule has 0 saturated carbocycles. The van der Waals surface area contributed by atoms with Crippen LogP contribution < -0.4 is 0 Å². The molecular weight excluding hydrogens is 281 g/mol. The van der Waals surface area contributed by atoms with Crippen molar-refractivity contribution in [2.24, 2.45) is 0 Å². The Hall–Kier alpha value is -2.30. The van der Waals surface area contributed by atoms with Crippen LogP contribution in [0.5, 0.6) is 0 Å². The summed E-state index contributed by atoms with van der Waals surface area (Å²) in [6.07, 6.45) is 4.62. The average molecular weight is 297 g/mol. The van der Waals surface area contributed by atoms with Gasteiger partial charge in [0.05, 0.1) is 11.7 Å². The largest absolute Gasteiger partial charge is 0.332 e. The summed E-state index contributed by atoms with van der Waals surface area (Å²) in [6.45, 7) is 1.63. The van der Waals surface area contributed by atoms with Gasteiger partial charge in [-0.25, -0.2) is 14.4 Å². The Kier molecular flexibility index (Phi) is 2.96. The van der Waals surface area contributed by atoms with Gasteiger partial charge < -0.3 is 4.90 Å². The van der Waals surface area contributed by atoms with Crippen molar-refractivity contribution >= 4 is 5.91 Å². The first-order chi connectivity index (χ1) is 10.6. The van der Waals surface area contributed by atoms with Crippen LogP contribution in [0, 0.1) is 5.82 Å². The molecule has 112 valence electrons. The van der Waals surface area contributed by atoms with Crippen LogP contribution in [0.2, 0.25) is 0 Å². The first kappa shape index (κ1) is 13.4. The van der Waals surface area contributed by atoms with Crippen molar-refractivity contribution in [2.75, 3.05) is 0 Å². The number of halogens is 1. The maximum absolute atomic E-state index is 13.0. The standard InChI is InChI=1S/C17H16FN3O/c1-10(22)21-13-6-7-16(21)14-9-19-17(20-15(14)8-13)11-2-4-12(18)5-3-11/h2-5,9,13,16H,6-8H2,1H3. The lowest BCUT2D eigenvalue weighted by molar-refractivity contribution is -0.132. The van der Waals surface area contributed by atoms with Gasteiger partial charge in [-0.1, -0.05) is 0 Å². The molecule has 22 heavy (non-hydrogen) atoms. The van der Waals surface area contributed by atoms with Crippen LogP contribution in [-0.4, -0.2) is 26.8 Å². The molecule has 0 spiro atoms. The number of benzene rings is 1. The van der Waals surface area contributed by atoms with E-state index in [2.05, 4.69) is 9.97 Å². The van der Waals surface area contributed by atoms with Crippen molar-refractivity contribution in [2.45, 2.75) is 38.3 Å². The first-order valence-corrected chi connectivity index (χ1v) is 7.54. The van der Waals surface area contributed by atoms with Gasteiger partial charge in [0.1, 0.15) is 5.82 Å². The molecule has 2 aliphatic heterocycles. The predicted molar refractivity (Wildman–Crippen MR) is 79.4 cm³/mol. The third kappa shape index (κ3) is 2.00. The predicted octanol–water partition coefficient (Wildman–Crippen LogP) is 2.89. The number of carbonyl (C=O) groups is 1. The van der Waals surface area contributed by atoms with E-state index in [1.54, 1.807) is 19.1 Å². The van der Waals surface area contributed by atoms with E-state index in [-0.39, 0.29) is 23.8 Å². The van der Waals surface area contributed by atoms with Gasteiger partial charge in [-0.3, -0.25) is 4.79 Å². The maximum Gasteiger partial charge on any atom is 0.220 e. The van der Waals surface area contributed by atoms with Gasteiger partial charge in [0, 0.05) is 36.7 Å². The minimum absolute atomic E-state index is 0.119. The molecule has 4 rings (SSSR count). The number of aromatic nitrogens is 2. The van der Waals surface area contributed by atoms with Gasteiger partial charge in [-0.05, 0) is 37.1 Å². The number of hydrogen-bond donors (Lipinski definition) is 0. The molecule has 1 aromatic heterocycles. The molecule has 1 amide bonds. The van der Waals surface area contributed by atoms with E-state index in [0.717, 1.165) is 36.1 Å². The second-order valence-corrected chi connectivity index (χ2v) is 5.98. The van der Waals surface area contributed by atoms with Crippen molar-refractivity contribution in [3.8, 4) is 11.4 Å². The highest BCUT2D eigenvalue weighted by atomic mass is 19.1. The van der Waals surface area contributed by atoms with Gasteiger partial charge in [0.25, 0.3) is 0 Å². The van der Waals surface area contributed by atoms with Gasteiger partial charge in [0.2, 0.25) is 5.91 Å². The second kappa shape index (κ2) is 4.87. The number of nitrogens with zero attached hydrogens (tertiary/aromatic N) is 3. The molecule has 2 aromatic rings. The summed E-state index contributed by atoms with van der Waals surface area (Å²) < 4.78 is 13.0. The van der Waals surface area contributed by atoms with Crippen LogP contribution in [0.15, 0.2) is 30.5 Å². The average Bonchev–Trinajstić information content (AvgIpc) is 2.83. The molecule has 0 N–H and O–H groups in total. The van der Waals surface area contributed by atoms with Crippen molar-refractivity contribution < 1.29 is 9.18 Å². The number of carbonyl (C=O) groups excluding carboxylic acids is 1. The lowest BCUT2D eigenvalue weighted by atomic mass is 9.99. The van der Waals surface area contributed by atoms with Gasteiger partial charge in [0.15, 0.2) is 5.82 Å². The Morgan fingerprint density at radius 2 is 2.05 bits per heavy atom. The smallest absolute Gasteiger partial charge is 0.220 e. The fraction of sp³-hybridized carbons (Fsp3) is 0.353.